The molecule has 0 bridgehead atoms. The Labute approximate surface area is 77.2 Å². The van der Waals surface area contributed by atoms with Crippen LogP contribution in [0.5, 0.6) is 0 Å². The molecule has 13 heavy (non-hydrogen) atoms. The van der Waals surface area contributed by atoms with Crippen LogP contribution in [0.4, 0.5) is 0 Å². The third-order valence-electron chi connectivity index (χ3n) is 1.86. The number of hydrogen-bond acceptors (Lipinski definition) is 3. The Bertz CT molecular complexity index is 294. The third kappa shape index (κ3) is 2.39. The van der Waals surface area contributed by atoms with Crippen LogP contribution in [0.3, 0.4) is 0 Å². The van der Waals surface area contributed by atoms with Gasteiger partial charge in [-0.1, -0.05) is 0 Å². The predicted molar refractivity (Wildman–Crippen MR) is 48.4 cm³/mol. The van der Waals surface area contributed by atoms with Crippen molar-refractivity contribution in [1.82, 2.24) is 9.78 Å². The lowest BCUT2D eigenvalue weighted by atomic mass is 10.2. The van der Waals surface area contributed by atoms with Crippen molar-refractivity contribution in [2.45, 2.75) is 32.9 Å². The molecule has 0 amide bonds. The van der Waals surface area contributed by atoms with E-state index < -0.39 is 6.10 Å². The van der Waals surface area contributed by atoms with Crippen LogP contribution < -0.4 is 0 Å². The summed E-state index contributed by atoms with van der Waals surface area (Å²) in [5.41, 5.74) is 1.81. The van der Waals surface area contributed by atoms with Gasteiger partial charge in [-0.15, -0.1) is 0 Å². The molecule has 1 atom stereocenters. The topological polar surface area (TPSA) is 55.1 Å². The Morgan fingerprint density at radius 2 is 2.46 bits per heavy atom. The molecular weight excluding hydrogens is 168 g/mol. The number of aryl methyl sites for hydroxylation is 2. The summed E-state index contributed by atoms with van der Waals surface area (Å²) in [5.74, 6) is 0. The van der Waals surface area contributed by atoms with Crippen molar-refractivity contribution in [3.63, 3.8) is 0 Å². The monoisotopic (exact) mass is 182 g/mol. The van der Waals surface area contributed by atoms with Crippen LogP contribution in [-0.2, 0) is 17.8 Å². The molecule has 1 rings (SSSR count). The fraction of sp³-hybridized carbons (Fsp3) is 0.556. The van der Waals surface area contributed by atoms with Crippen LogP contribution in [0, 0.1) is 6.92 Å². The first-order valence-electron chi connectivity index (χ1n) is 4.34. The molecule has 0 saturated heterocycles. The molecular formula is C9H14N2O2. The number of aliphatic hydroxyl groups excluding tert-OH is 1. The third-order valence-corrected chi connectivity index (χ3v) is 1.86. The zero-order valence-electron chi connectivity index (χ0n) is 7.90. The minimum absolute atomic E-state index is 0.345. The van der Waals surface area contributed by atoms with Crippen molar-refractivity contribution in [3.8, 4) is 0 Å². The molecule has 0 saturated carbocycles. The normalized spacial score (nSPS) is 12.8. The van der Waals surface area contributed by atoms with Gasteiger partial charge in [-0.25, -0.2) is 0 Å². The average molecular weight is 182 g/mol. The van der Waals surface area contributed by atoms with Gasteiger partial charge in [-0.2, -0.15) is 5.10 Å². The molecule has 0 fully saturated rings. The Balaban J connectivity index is 2.80. The lowest BCUT2D eigenvalue weighted by Gasteiger charge is -2.04. The van der Waals surface area contributed by atoms with Gasteiger partial charge in [-0.05, 0) is 19.9 Å². The molecule has 1 aromatic heterocycles. The maximum absolute atomic E-state index is 10.2. The molecule has 1 N–H and O–H groups in total. The van der Waals surface area contributed by atoms with Gasteiger partial charge in [0.1, 0.15) is 12.4 Å². The number of hydrogen-bond donors (Lipinski definition) is 1. The van der Waals surface area contributed by atoms with E-state index >= 15 is 0 Å². The van der Waals surface area contributed by atoms with Crippen LogP contribution in [0.25, 0.3) is 0 Å². The molecule has 4 nitrogen and oxygen atoms in total. The Morgan fingerprint density at radius 3 is 3.00 bits per heavy atom. The molecule has 1 aromatic rings. The summed E-state index contributed by atoms with van der Waals surface area (Å²) in [4.78, 5) is 10.2. The van der Waals surface area contributed by atoms with Crippen molar-refractivity contribution < 1.29 is 9.90 Å². The molecule has 0 radical (unpaired) electrons. The molecule has 1 heterocycles. The van der Waals surface area contributed by atoms with Gasteiger partial charge < -0.3 is 9.90 Å². The minimum Gasteiger partial charge on any atom is -0.385 e. The Morgan fingerprint density at radius 1 is 1.77 bits per heavy atom. The second kappa shape index (κ2) is 4.18. The number of carbonyl (C=O) groups is 1. The van der Waals surface area contributed by atoms with E-state index in [0.29, 0.717) is 12.7 Å². The van der Waals surface area contributed by atoms with Gasteiger partial charge in [-0.3, -0.25) is 4.68 Å². The highest BCUT2D eigenvalue weighted by Crippen LogP contribution is 2.05. The van der Waals surface area contributed by atoms with Gasteiger partial charge in [0.25, 0.3) is 0 Å². The van der Waals surface area contributed by atoms with Crippen LogP contribution in [0.1, 0.15) is 18.3 Å². The highest BCUT2D eigenvalue weighted by atomic mass is 16.3. The predicted octanol–water partition coefficient (Wildman–Crippen LogP) is 0.314. The fourth-order valence-electron chi connectivity index (χ4n) is 1.30. The van der Waals surface area contributed by atoms with Crippen molar-refractivity contribution in [1.29, 1.82) is 0 Å². The number of aromatic nitrogens is 2. The average Bonchev–Trinajstić information content (AvgIpc) is 2.46. The summed E-state index contributed by atoms with van der Waals surface area (Å²) in [6, 6.07) is 1.89. The van der Waals surface area contributed by atoms with Gasteiger partial charge in [0.15, 0.2) is 0 Å². The second-order valence-corrected chi connectivity index (χ2v) is 3.00. The van der Waals surface area contributed by atoms with E-state index in [1.807, 2.05) is 19.9 Å². The maximum atomic E-state index is 10.2. The van der Waals surface area contributed by atoms with Crippen LogP contribution in [0.2, 0.25) is 0 Å². The first kappa shape index (κ1) is 9.92. The number of nitrogens with zero attached hydrogens (tertiary/aromatic N) is 2. The number of rotatable bonds is 4. The van der Waals surface area contributed by atoms with Crippen molar-refractivity contribution in [2.24, 2.45) is 0 Å². The lowest BCUT2D eigenvalue weighted by Crippen LogP contribution is -2.15. The zero-order valence-corrected chi connectivity index (χ0v) is 7.90. The number of carbonyl (C=O) groups excluding carboxylic acids is 1. The van der Waals surface area contributed by atoms with E-state index in [2.05, 4.69) is 5.10 Å². The molecule has 0 aliphatic rings. The lowest BCUT2D eigenvalue weighted by molar-refractivity contribution is -0.114. The van der Waals surface area contributed by atoms with Crippen molar-refractivity contribution in [2.75, 3.05) is 0 Å². The molecule has 0 aliphatic carbocycles. The van der Waals surface area contributed by atoms with E-state index in [0.717, 1.165) is 17.9 Å². The number of aldehydes is 1. The van der Waals surface area contributed by atoms with Gasteiger partial charge >= 0.3 is 0 Å². The Hall–Kier alpha value is -1.16. The summed E-state index contributed by atoms with van der Waals surface area (Å²) in [7, 11) is 0. The first-order valence-corrected chi connectivity index (χ1v) is 4.34. The molecule has 4 heteroatoms. The van der Waals surface area contributed by atoms with Gasteiger partial charge in [0.05, 0.1) is 5.69 Å². The molecule has 0 spiro atoms. The van der Waals surface area contributed by atoms with E-state index in [-0.39, 0.29) is 0 Å². The van der Waals surface area contributed by atoms with E-state index in [4.69, 9.17) is 5.11 Å². The molecule has 0 aliphatic heterocycles. The summed E-state index contributed by atoms with van der Waals surface area (Å²) in [5, 5.41) is 13.3. The van der Waals surface area contributed by atoms with Crippen LogP contribution >= 0.6 is 0 Å². The zero-order chi connectivity index (χ0) is 9.84. The number of aliphatic hydroxyl groups is 1. The summed E-state index contributed by atoms with van der Waals surface area (Å²) >= 11 is 0. The quantitative estimate of drug-likeness (QED) is 0.682. The Kier molecular flexibility index (Phi) is 3.19. The van der Waals surface area contributed by atoms with Crippen LogP contribution in [0.15, 0.2) is 6.07 Å². The van der Waals surface area contributed by atoms with Crippen LogP contribution in [-0.4, -0.2) is 27.3 Å². The summed E-state index contributed by atoms with van der Waals surface area (Å²) in [6.45, 7) is 4.63. The maximum Gasteiger partial charge on any atom is 0.148 e. The summed E-state index contributed by atoms with van der Waals surface area (Å²) < 4.78 is 1.79. The SMILES string of the molecule is CCn1nc(C)cc1CC(O)C=O. The smallest absolute Gasteiger partial charge is 0.148 e. The van der Waals surface area contributed by atoms with E-state index in [1.165, 1.54) is 0 Å². The highest BCUT2D eigenvalue weighted by Gasteiger charge is 2.09. The van der Waals surface area contributed by atoms with Gasteiger partial charge in [0, 0.05) is 18.7 Å². The van der Waals surface area contributed by atoms with Gasteiger partial charge in [0.2, 0.25) is 0 Å². The molecule has 0 aromatic carbocycles. The highest BCUT2D eigenvalue weighted by molar-refractivity contribution is 5.56. The van der Waals surface area contributed by atoms with Crippen molar-refractivity contribution >= 4 is 6.29 Å². The van der Waals surface area contributed by atoms with Crippen molar-refractivity contribution in [3.05, 3.63) is 17.5 Å². The minimum atomic E-state index is -0.915. The largest absolute Gasteiger partial charge is 0.385 e. The fourth-order valence-corrected chi connectivity index (χ4v) is 1.30. The first-order chi connectivity index (χ1) is 6.17. The standard InChI is InChI=1S/C9H14N2O2/c1-3-11-8(4-7(2)10-11)5-9(13)6-12/h4,6,9,13H,3,5H2,1-2H3. The molecule has 1 unspecified atom stereocenters. The van der Waals surface area contributed by atoms with E-state index in [1.54, 1.807) is 4.68 Å². The summed E-state index contributed by atoms with van der Waals surface area (Å²) in [6.07, 6.45) is -0.0260. The second-order valence-electron chi connectivity index (χ2n) is 3.00. The van der Waals surface area contributed by atoms with E-state index in [9.17, 15) is 4.79 Å². The molecule has 72 valence electrons.